The summed E-state index contributed by atoms with van der Waals surface area (Å²) < 4.78 is 10.4. The summed E-state index contributed by atoms with van der Waals surface area (Å²) in [5, 5.41) is 0. The molecule has 0 N–H and O–H groups in total. The van der Waals surface area contributed by atoms with E-state index in [1.807, 2.05) is 0 Å². The molecule has 8 nitrogen and oxygen atoms in total. The zero-order valence-corrected chi connectivity index (χ0v) is 23.0. The number of Topliss-reactive ketones (excluding diaryl/α,β-unsaturated/α-hetero) is 2. The number of rotatable bonds is 6. The normalized spacial score (nSPS) is 15.5. The second-order valence-corrected chi connectivity index (χ2v) is 9.90. The largest absolute Gasteiger partial charge is 0.497 e. The molecule has 0 fully saturated rings. The first-order chi connectivity index (χ1) is 20.4. The molecule has 8 heteroatoms. The van der Waals surface area contributed by atoms with Gasteiger partial charge < -0.3 is 9.47 Å². The lowest BCUT2D eigenvalue weighted by atomic mass is 10.1. The number of amides is 2. The van der Waals surface area contributed by atoms with Gasteiger partial charge in [-0.3, -0.25) is 29.0 Å². The molecule has 2 aliphatic rings. The molecule has 2 amide bonds. The number of nitrogens with zero attached hydrogens (tertiary/aromatic N) is 2. The van der Waals surface area contributed by atoms with Crippen molar-refractivity contribution in [3.05, 3.63) is 131 Å². The van der Waals surface area contributed by atoms with Crippen LogP contribution in [-0.2, 0) is 22.4 Å². The summed E-state index contributed by atoms with van der Waals surface area (Å²) in [5.74, 6) is -0.509. The number of fused-ring (bicyclic) bond motifs is 2. The predicted octanol–water partition coefficient (Wildman–Crippen LogP) is 5.16. The number of carbonyl (C=O) groups is 4. The van der Waals surface area contributed by atoms with Crippen molar-refractivity contribution in [1.82, 2.24) is 0 Å². The Morgan fingerprint density at radius 3 is 1.26 bits per heavy atom. The number of para-hydroxylation sites is 2. The maximum Gasteiger partial charge on any atom is 0.236 e. The van der Waals surface area contributed by atoms with Crippen LogP contribution in [0.5, 0.6) is 11.5 Å². The van der Waals surface area contributed by atoms with Gasteiger partial charge in [-0.1, -0.05) is 48.5 Å². The fourth-order valence-corrected chi connectivity index (χ4v) is 5.36. The van der Waals surface area contributed by atoms with Crippen LogP contribution in [0.15, 0.2) is 108 Å². The third-order valence-corrected chi connectivity index (χ3v) is 7.41. The highest BCUT2D eigenvalue weighted by Crippen LogP contribution is 2.43. The number of hydrogen-bond donors (Lipinski definition) is 0. The Balaban J connectivity index is 1.46. The van der Waals surface area contributed by atoms with Crippen LogP contribution in [0.4, 0.5) is 11.4 Å². The number of carbonyl (C=O) groups excluding carboxylic acids is 4. The molecule has 2 aliphatic heterocycles. The summed E-state index contributed by atoms with van der Waals surface area (Å²) in [7, 11) is 3.12. The van der Waals surface area contributed by atoms with Crippen LogP contribution >= 0.6 is 0 Å². The average Bonchev–Trinajstić information content (AvgIpc) is 3.48. The summed E-state index contributed by atoms with van der Waals surface area (Å²) in [6.45, 7) is 0. The van der Waals surface area contributed by atoms with Gasteiger partial charge in [0.25, 0.3) is 0 Å². The van der Waals surface area contributed by atoms with Gasteiger partial charge in [0.05, 0.1) is 38.4 Å². The van der Waals surface area contributed by atoms with Gasteiger partial charge in [0, 0.05) is 11.1 Å². The van der Waals surface area contributed by atoms with Crippen LogP contribution in [-0.4, -0.2) is 37.6 Å². The lowest BCUT2D eigenvalue weighted by molar-refractivity contribution is -0.118. The Morgan fingerprint density at radius 1 is 0.548 bits per heavy atom. The highest BCUT2D eigenvalue weighted by Gasteiger charge is 2.46. The molecular formula is C34H26N2O6. The van der Waals surface area contributed by atoms with E-state index < -0.39 is 23.4 Å². The number of methoxy groups -OCH3 is 2. The van der Waals surface area contributed by atoms with Crippen molar-refractivity contribution < 1.29 is 28.7 Å². The third-order valence-electron chi connectivity index (χ3n) is 7.41. The summed E-state index contributed by atoms with van der Waals surface area (Å²) in [6.07, 6.45) is -0.0767. The highest BCUT2D eigenvalue weighted by molar-refractivity contribution is 6.34. The fraction of sp³-hybridized carbons (Fsp3) is 0.118. The molecule has 0 spiro atoms. The van der Waals surface area contributed by atoms with Crippen molar-refractivity contribution in [1.29, 1.82) is 0 Å². The van der Waals surface area contributed by atoms with E-state index in [2.05, 4.69) is 0 Å². The van der Waals surface area contributed by atoms with Gasteiger partial charge in [0.2, 0.25) is 23.4 Å². The van der Waals surface area contributed by atoms with Gasteiger partial charge in [0.1, 0.15) is 22.9 Å². The topological polar surface area (TPSA) is 93.2 Å². The van der Waals surface area contributed by atoms with E-state index in [0.717, 1.165) is 0 Å². The third kappa shape index (κ3) is 4.53. The quantitative estimate of drug-likeness (QED) is 0.304. The van der Waals surface area contributed by atoms with Crippen molar-refractivity contribution in [2.24, 2.45) is 0 Å². The molecule has 42 heavy (non-hydrogen) atoms. The van der Waals surface area contributed by atoms with E-state index in [1.165, 1.54) is 9.80 Å². The van der Waals surface area contributed by atoms with Gasteiger partial charge in [-0.05, 0) is 59.7 Å². The Hall–Kier alpha value is -5.50. The zero-order chi connectivity index (χ0) is 29.4. The standard InChI is InChI=1S/C34H26N2O6/c1-41-23-15-11-21(12-16-23)19-29(37)35-27-9-5-3-7-25(27)33(39)31(35)32-34(40)26-8-4-6-10-28(26)36(32)30(38)20-22-13-17-24(42-2)18-14-22/h3-18H,19-20H2,1-2H3/b32-31+. The summed E-state index contributed by atoms with van der Waals surface area (Å²) in [4.78, 5) is 58.4. The first-order valence-corrected chi connectivity index (χ1v) is 13.3. The van der Waals surface area contributed by atoms with Crippen molar-refractivity contribution >= 4 is 34.8 Å². The lowest BCUT2D eigenvalue weighted by Gasteiger charge is -2.24. The monoisotopic (exact) mass is 558 g/mol. The van der Waals surface area contributed by atoms with Crippen LogP contribution in [0, 0.1) is 0 Å². The molecule has 0 bridgehead atoms. The van der Waals surface area contributed by atoms with Crippen molar-refractivity contribution in [2.45, 2.75) is 12.8 Å². The number of allylic oxidation sites excluding steroid dienone is 2. The molecule has 0 aromatic heterocycles. The zero-order valence-electron chi connectivity index (χ0n) is 23.0. The molecule has 0 saturated carbocycles. The van der Waals surface area contributed by atoms with Gasteiger partial charge in [-0.25, -0.2) is 0 Å². The maximum absolute atomic E-state index is 14.0. The predicted molar refractivity (Wildman–Crippen MR) is 157 cm³/mol. The summed E-state index contributed by atoms with van der Waals surface area (Å²) >= 11 is 0. The van der Waals surface area contributed by atoms with E-state index in [4.69, 9.17) is 9.47 Å². The number of ketones is 2. The van der Waals surface area contributed by atoms with Gasteiger partial charge in [0.15, 0.2) is 0 Å². The van der Waals surface area contributed by atoms with E-state index in [1.54, 1.807) is 111 Å². The molecular weight excluding hydrogens is 532 g/mol. The smallest absolute Gasteiger partial charge is 0.236 e. The molecule has 0 atom stereocenters. The van der Waals surface area contributed by atoms with Gasteiger partial charge in [-0.2, -0.15) is 0 Å². The SMILES string of the molecule is COc1ccc(CC(=O)N2/C(=C3\C(=O)c4ccccc4N3C(=O)Cc3ccc(OC)cc3)C(=O)c3ccccc32)cc1. The number of benzene rings is 4. The van der Waals surface area contributed by atoms with Gasteiger partial charge in [-0.15, -0.1) is 0 Å². The minimum Gasteiger partial charge on any atom is -0.497 e. The Kier molecular flexibility index (Phi) is 6.88. The Bertz CT molecular complexity index is 1640. The minimum absolute atomic E-state index is 0.0384. The second kappa shape index (κ2) is 10.8. The van der Waals surface area contributed by atoms with E-state index in [-0.39, 0.29) is 35.4 Å². The molecule has 0 aliphatic carbocycles. The van der Waals surface area contributed by atoms with Crippen LogP contribution in [0.1, 0.15) is 31.8 Å². The van der Waals surface area contributed by atoms with Crippen LogP contribution < -0.4 is 19.3 Å². The summed E-state index contributed by atoms with van der Waals surface area (Å²) in [6, 6.07) is 27.5. The van der Waals surface area contributed by atoms with Crippen LogP contribution in [0.25, 0.3) is 0 Å². The second-order valence-electron chi connectivity index (χ2n) is 9.90. The molecule has 4 aromatic rings. The van der Waals surface area contributed by atoms with Crippen molar-refractivity contribution in [3.63, 3.8) is 0 Å². The van der Waals surface area contributed by atoms with Crippen molar-refractivity contribution in [3.8, 4) is 11.5 Å². The molecule has 2 heterocycles. The first-order valence-electron chi connectivity index (χ1n) is 13.3. The molecule has 208 valence electrons. The molecule has 0 radical (unpaired) electrons. The van der Waals surface area contributed by atoms with E-state index in [9.17, 15) is 19.2 Å². The Morgan fingerprint density at radius 2 is 0.905 bits per heavy atom. The van der Waals surface area contributed by atoms with Gasteiger partial charge >= 0.3 is 0 Å². The van der Waals surface area contributed by atoms with E-state index >= 15 is 0 Å². The first kappa shape index (κ1) is 26.7. The Labute approximate surface area is 242 Å². The fourth-order valence-electron chi connectivity index (χ4n) is 5.36. The molecule has 0 saturated heterocycles. The van der Waals surface area contributed by atoms with Crippen LogP contribution in [0.3, 0.4) is 0 Å². The number of ether oxygens (including phenoxy) is 2. The minimum atomic E-state index is -0.493. The maximum atomic E-state index is 14.0. The van der Waals surface area contributed by atoms with Crippen molar-refractivity contribution in [2.75, 3.05) is 24.0 Å². The molecule has 6 rings (SSSR count). The molecule has 4 aromatic carbocycles. The average molecular weight is 559 g/mol. The van der Waals surface area contributed by atoms with Crippen LogP contribution in [0.2, 0.25) is 0 Å². The lowest BCUT2D eigenvalue weighted by Crippen LogP contribution is -2.37. The molecule has 0 unspecified atom stereocenters. The number of anilines is 2. The number of hydrogen-bond acceptors (Lipinski definition) is 6. The summed E-state index contributed by atoms with van der Waals surface area (Å²) in [5.41, 5.74) is 2.47. The highest BCUT2D eigenvalue weighted by atomic mass is 16.5. The van der Waals surface area contributed by atoms with E-state index in [0.29, 0.717) is 34.0 Å².